The molecule has 3 nitrogen and oxygen atoms in total. The summed E-state index contributed by atoms with van der Waals surface area (Å²) in [6.07, 6.45) is 3.79. The van der Waals surface area contributed by atoms with Crippen LogP contribution >= 0.6 is 0 Å². The molecule has 3 heteroatoms. The monoisotopic (exact) mass is 184 g/mol. The summed E-state index contributed by atoms with van der Waals surface area (Å²) in [4.78, 5) is 10.7. The molecule has 0 aromatic carbocycles. The van der Waals surface area contributed by atoms with E-state index < -0.39 is 17.5 Å². The van der Waals surface area contributed by atoms with Gasteiger partial charge in [-0.25, -0.2) is 0 Å². The lowest BCUT2D eigenvalue weighted by Crippen LogP contribution is -2.28. The van der Waals surface area contributed by atoms with Crippen molar-refractivity contribution >= 4 is 5.97 Å². The van der Waals surface area contributed by atoms with Gasteiger partial charge in [-0.1, -0.05) is 11.6 Å². The highest BCUT2D eigenvalue weighted by molar-refractivity contribution is 5.73. The maximum Gasteiger partial charge on any atom is 0.310 e. The van der Waals surface area contributed by atoms with Crippen molar-refractivity contribution in [1.82, 2.24) is 0 Å². The van der Waals surface area contributed by atoms with Gasteiger partial charge in [0, 0.05) is 0 Å². The molecular formula is C10H16O3. The second-order valence-corrected chi connectivity index (χ2v) is 4.04. The maximum atomic E-state index is 10.7. The van der Waals surface area contributed by atoms with Gasteiger partial charge in [-0.15, -0.1) is 0 Å². The Bertz CT molecular complexity index is 241. The molecule has 1 aliphatic rings. The smallest absolute Gasteiger partial charge is 0.310 e. The summed E-state index contributed by atoms with van der Waals surface area (Å²) >= 11 is 0. The third-order valence-corrected chi connectivity index (χ3v) is 2.68. The number of aliphatic carboxylic acids is 1. The zero-order valence-corrected chi connectivity index (χ0v) is 8.08. The van der Waals surface area contributed by atoms with Crippen LogP contribution in [0, 0.1) is 5.92 Å². The number of carbonyl (C=O) groups is 1. The standard InChI is InChI=1S/C10H16O3/c1-7(9(11)12)8-3-5-10(2,13)6-4-8/h3,7,13H,4-6H2,1-2H3,(H,11,12). The van der Waals surface area contributed by atoms with Crippen LogP contribution in [0.5, 0.6) is 0 Å². The van der Waals surface area contributed by atoms with Gasteiger partial charge in [0.25, 0.3) is 0 Å². The molecule has 1 aliphatic carbocycles. The normalized spacial score (nSPS) is 30.8. The number of hydrogen-bond acceptors (Lipinski definition) is 2. The number of carboxylic acid groups (broad SMARTS) is 1. The highest BCUT2D eigenvalue weighted by Gasteiger charge is 2.27. The van der Waals surface area contributed by atoms with Gasteiger partial charge in [-0.2, -0.15) is 0 Å². The van der Waals surface area contributed by atoms with Crippen LogP contribution in [0.25, 0.3) is 0 Å². The Labute approximate surface area is 78.1 Å². The Morgan fingerprint density at radius 2 is 2.31 bits per heavy atom. The molecule has 0 heterocycles. The first-order valence-electron chi connectivity index (χ1n) is 4.56. The van der Waals surface area contributed by atoms with Gasteiger partial charge in [0.1, 0.15) is 0 Å². The van der Waals surface area contributed by atoms with E-state index in [1.165, 1.54) is 0 Å². The summed E-state index contributed by atoms with van der Waals surface area (Å²) in [5, 5.41) is 18.4. The first-order valence-corrected chi connectivity index (χ1v) is 4.56. The Balaban J connectivity index is 2.65. The fourth-order valence-corrected chi connectivity index (χ4v) is 1.52. The molecule has 74 valence electrons. The molecule has 0 bridgehead atoms. The van der Waals surface area contributed by atoms with Crippen LogP contribution in [0.2, 0.25) is 0 Å². The number of aliphatic hydroxyl groups is 1. The number of carboxylic acids is 1. The first-order chi connectivity index (χ1) is 5.92. The molecule has 2 atom stereocenters. The van der Waals surface area contributed by atoms with Crippen molar-refractivity contribution in [2.45, 2.75) is 38.7 Å². The lowest BCUT2D eigenvalue weighted by molar-refractivity contribution is -0.140. The van der Waals surface area contributed by atoms with E-state index in [2.05, 4.69) is 0 Å². The van der Waals surface area contributed by atoms with Crippen LogP contribution in [-0.4, -0.2) is 21.8 Å². The summed E-state index contributed by atoms with van der Waals surface area (Å²) in [7, 11) is 0. The quantitative estimate of drug-likeness (QED) is 0.640. The van der Waals surface area contributed by atoms with Crippen molar-refractivity contribution in [2.75, 3.05) is 0 Å². The van der Waals surface area contributed by atoms with Crippen molar-refractivity contribution in [2.24, 2.45) is 5.92 Å². The fraction of sp³-hybridized carbons (Fsp3) is 0.700. The molecule has 0 spiro atoms. The highest BCUT2D eigenvalue weighted by Crippen LogP contribution is 2.30. The van der Waals surface area contributed by atoms with Gasteiger partial charge in [0.15, 0.2) is 0 Å². The van der Waals surface area contributed by atoms with E-state index in [0.717, 1.165) is 5.57 Å². The van der Waals surface area contributed by atoms with E-state index in [9.17, 15) is 9.90 Å². The Morgan fingerprint density at radius 1 is 1.69 bits per heavy atom. The molecule has 0 saturated carbocycles. The van der Waals surface area contributed by atoms with Crippen molar-refractivity contribution in [3.63, 3.8) is 0 Å². The van der Waals surface area contributed by atoms with E-state index >= 15 is 0 Å². The Hall–Kier alpha value is -0.830. The average molecular weight is 184 g/mol. The van der Waals surface area contributed by atoms with Crippen LogP contribution in [0.4, 0.5) is 0 Å². The second kappa shape index (κ2) is 3.50. The fourth-order valence-electron chi connectivity index (χ4n) is 1.52. The van der Waals surface area contributed by atoms with E-state index in [4.69, 9.17) is 5.11 Å². The lowest BCUT2D eigenvalue weighted by atomic mass is 9.83. The maximum absolute atomic E-state index is 10.7. The largest absolute Gasteiger partial charge is 0.481 e. The van der Waals surface area contributed by atoms with Crippen molar-refractivity contribution in [1.29, 1.82) is 0 Å². The third kappa shape index (κ3) is 2.56. The van der Waals surface area contributed by atoms with Crippen LogP contribution in [-0.2, 0) is 4.79 Å². The number of hydrogen-bond donors (Lipinski definition) is 2. The van der Waals surface area contributed by atoms with Gasteiger partial charge in [0.05, 0.1) is 11.5 Å². The van der Waals surface area contributed by atoms with Crippen molar-refractivity contribution in [3.05, 3.63) is 11.6 Å². The van der Waals surface area contributed by atoms with E-state index in [1.54, 1.807) is 13.8 Å². The predicted molar refractivity (Wildman–Crippen MR) is 49.4 cm³/mol. The lowest BCUT2D eigenvalue weighted by Gasteiger charge is -2.28. The molecule has 0 fully saturated rings. The summed E-state index contributed by atoms with van der Waals surface area (Å²) in [6.45, 7) is 3.47. The Morgan fingerprint density at radius 3 is 2.69 bits per heavy atom. The molecule has 13 heavy (non-hydrogen) atoms. The van der Waals surface area contributed by atoms with Crippen LogP contribution in [0.1, 0.15) is 33.1 Å². The molecular weight excluding hydrogens is 168 g/mol. The molecule has 0 amide bonds. The van der Waals surface area contributed by atoms with E-state index in [-0.39, 0.29) is 0 Å². The third-order valence-electron chi connectivity index (χ3n) is 2.68. The topological polar surface area (TPSA) is 57.5 Å². The average Bonchev–Trinajstić information content (AvgIpc) is 2.03. The minimum absolute atomic E-state index is 0.406. The highest BCUT2D eigenvalue weighted by atomic mass is 16.4. The SMILES string of the molecule is CC(C(=O)O)C1=CCC(C)(O)CC1. The van der Waals surface area contributed by atoms with E-state index in [1.807, 2.05) is 6.08 Å². The zero-order chi connectivity index (χ0) is 10.1. The minimum atomic E-state index is -0.784. The van der Waals surface area contributed by atoms with Gasteiger partial charge in [-0.05, 0) is 33.1 Å². The van der Waals surface area contributed by atoms with Crippen LogP contribution in [0.3, 0.4) is 0 Å². The zero-order valence-electron chi connectivity index (χ0n) is 8.08. The minimum Gasteiger partial charge on any atom is -0.481 e. The van der Waals surface area contributed by atoms with Gasteiger partial charge < -0.3 is 10.2 Å². The van der Waals surface area contributed by atoms with Crippen LogP contribution in [0.15, 0.2) is 11.6 Å². The first kappa shape index (κ1) is 10.3. The molecule has 0 saturated heterocycles. The van der Waals surface area contributed by atoms with Crippen LogP contribution < -0.4 is 0 Å². The van der Waals surface area contributed by atoms with Crippen molar-refractivity contribution in [3.8, 4) is 0 Å². The molecule has 0 aromatic rings. The summed E-state index contributed by atoms with van der Waals surface area (Å²) in [5.41, 5.74) is 0.306. The molecule has 2 N–H and O–H groups in total. The van der Waals surface area contributed by atoms with Crippen molar-refractivity contribution < 1.29 is 15.0 Å². The molecule has 2 unspecified atom stereocenters. The van der Waals surface area contributed by atoms with Gasteiger partial charge in [-0.3, -0.25) is 4.79 Å². The molecule has 0 aromatic heterocycles. The number of rotatable bonds is 2. The second-order valence-electron chi connectivity index (χ2n) is 4.04. The predicted octanol–water partition coefficient (Wildman–Crippen LogP) is 1.57. The van der Waals surface area contributed by atoms with Gasteiger partial charge in [0.2, 0.25) is 0 Å². The molecule has 0 radical (unpaired) electrons. The summed E-state index contributed by atoms with van der Waals surface area (Å²) in [5.74, 6) is -1.19. The summed E-state index contributed by atoms with van der Waals surface area (Å²) < 4.78 is 0. The van der Waals surface area contributed by atoms with E-state index in [0.29, 0.717) is 19.3 Å². The molecule has 1 rings (SSSR count). The molecule has 0 aliphatic heterocycles. The summed E-state index contributed by atoms with van der Waals surface area (Å²) in [6, 6.07) is 0. The Kier molecular flexibility index (Phi) is 2.76. The van der Waals surface area contributed by atoms with Gasteiger partial charge >= 0.3 is 5.97 Å².